The van der Waals surface area contributed by atoms with Crippen LogP contribution in [0.2, 0.25) is 0 Å². The third kappa shape index (κ3) is 2.01. The smallest absolute Gasteiger partial charge is 0.239 e. The standard InChI is InChI=1S/C20H16BrN5O2/c21-10-4-6-11(7-5-10)26-18-13-9-12(17(18)23-24-26)15-16(13)20(28)25(19(15)27)14-3-1-2-8-22-14/h1-8,12-13,15-18H,9H2/t12-,13-,15+,16-,17+,18+/m0/s1. The maximum atomic E-state index is 13.2. The molecule has 4 aliphatic rings. The molecule has 2 aliphatic carbocycles. The van der Waals surface area contributed by atoms with Crippen molar-refractivity contribution >= 4 is 39.2 Å². The van der Waals surface area contributed by atoms with E-state index in [1.54, 1.807) is 24.4 Å². The Morgan fingerprint density at radius 3 is 2.43 bits per heavy atom. The highest BCUT2D eigenvalue weighted by Crippen LogP contribution is 2.60. The second-order valence-electron chi connectivity index (χ2n) is 7.82. The number of carbonyl (C=O) groups is 2. The fourth-order valence-corrected chi connectivity index (χ4v) is 5.88. The SMILES string of the molecule is O=C1[C@@H]2[C@@H]3C[C@@H]([C@@H]2C(=O)N1c1ccccn1)[C@@H]1[C@@H]3N=NN1c1ccc(Br)cc1. The number of imide groups is 1. The zero-order valence-electron chi connectivity index (χ0n) is 14.7. The first-order valence-corrected chi connectivity index (χ1v) is 10.2. The number of benzene rings is 1. The van der Waals surface area contributed by atoms with Gasteiger partial charge in [-0.15, -0.1) is 0 Å². The topological polar surface area (TPSA) is 78.2 Å². The van der Waals surface area contributed by atoms with Gasteiger partial charge in [-0.3, -0.25) is 9.59 Å². The molecule has 2 amide bonds. The number of hydrogen-bond donors (Lipinski definition) is 0. The van der Waals surface area contributed by atoms with Crippen molar-refractivity contribution in [1.29, 1.82) is 0 Å². The molecule has 1 saturated heterocycles. The van der Waals surface area contributed by atoms with Crippen molar-refractivity contribution < 1.29 is 9.59 Å². The lowest BCUT2D eigenvalue weighted by molar-refractivity contribution is -0.123. The number of carbonyl (C=O) groups excluding carboxylic acids is 2. The molecule has 140 valence electrons. The molecule has 7 nitrogen and oxygen atoms in total. The summed E-state index contributed by atoms with van der Waals surface area (Å²) in [4.78, 5) is 31.9. The Kier molecular flexibility index (Phi) is 3.33. The molecule has 2 saturated carbocycles. The molecule has 2 bridgehead atoms. The van der Waals surface area contributed by atoms with Gasteiger partial charge in [0.2, 0.25) is 11.8 Å². The monoisotopic (exact) mass is 437 g/mol. The Balaban J connectivity index is 1.36. The van der Waals surface area contributed by atoms with Crippen LogP contribution in [0, 0.1) is 23.7 Å². The van der Waals surface area contributed by atoms with Gasteiger partial charge in [0.05, 0.1) is 29.6 Å². The number of nitrogens with zero attached hydrogens (tertiary/aromatic N) is 5. The van der Waals surface area contributed by atoms with Crippen molar-refractivity contribution in [3.05, 3.63) is 53.1 Å². The van der Waals surface area contributed by atoms with Crippen molar-refractivity contribution in [2.75, 3.05) is 9.91 Å². The number of amides is 2. The maximum absolute atomic E-state index is 13.2. The lowest BCUT2D eigenvalue weighted by atomic mass is 9.76. The first-order valence-electron chi connectivity index (χ1n) is 9.39. The number of anilines is 2. The summed E-state index contributed by atoms with van der Waals surface area (Å²) in [5.41, 5.74) is 0.960. The third-order valence-electron chi connectivity index (χ3n) is 6.63. The van der Waals surface area contributed by atoms with E-state index < -0.39 is 0 Å². The van der Waals surface area contributed by atoms with Gasteiger partial charge in [-0.1, -0.05) is 27.2 Å². The molecular formula is C20H16BrN5O2. The summed E-state index contributed by atoms with van der Waals surface area (Å²) < 4.78 is 1.000. The van der Waals surface area contributed by atoms with E-state index in [0.29, 0.717) is 5.82 Å². The highest BCUT2D eigenvalue weighted by Gasteiger charge is 2.70. The average Bonchev–Trinajstić information content (AvgIpc) is 3.44. The molecular weight excluding hydrogens is 422 g/mol. The van der Waals surface area contributed by atoms with Gasteiger partial charge < -0.3 is 0 Å². The van der Waals surface area contributed by atoms with Crippen LogP contribution >= 0.6 is 15.9 Å². The molecule has 3 heterocycles. The van der Waals surface area contributed by atoms with E-state index in [0.717, 1.165) is 16.6 Å². The fourth-order valence-electron chi connectivity index (χ4n) is 5.61. The lowest BCUT2D eigenvalue weighted by Crippen LogP contribution is -2.47. The van der Waals surface area contributed by atoms with Gasteiger partial charge in [0.25, 0.3) is 0 Å². The summed E-state index contributed by atoms with van der Waals surface area (Å²) in [7, 11) is 0. The molecule has 2 aliphatic heterocycles. The van der Waals surface area contributed by atoms with Crippen LogP contribution in [0.15, 0.2) is 63.5 Å². The largest absolute Gasteiger partial charge is 0.274 e. The number of fused-ring (bicyclic) bond motifs is 8. The van der Waals surface area contributed by atoms with E-state index in [4.69, 9.17) is 0 Å². The molecule has 1 aromatic heterocycles. The minimum atomic E-state index is -0.304. The van der Waals surface area contributed by atoms with Crippen LogP contribution in [0.3, 0.4) is 0 Å². The first-order chi connectivity index (χ1) is 13.6. The van der Waals surface area contributed by atoms with Gasteiger partial charge >= 0.3 is 0 Å². The zero-order chi connectivity index (χ0) is 19.0. The van der Waals surface area contributed by atoms with Crippen molar-refractivity contribution in [1.82, 2.24) is 4.98 Å². The van der Waals surface area contributed by atoms with Gasteiger partial charge in [-0.2, -0.15) is 5.11 Å². The predicted molar refractivity (Wildman–Crippen MR) is 104 cm³/mol. The molecule has 3 fully saturated rings. The molecule has 0 unspecified atom stereocenters. The second-order valence-corrected chi connectivity index (χ2v) is 8.74. The first kappa shape index (κ1) is 16.4. The Bertz CT molecular complexity index is 1010. The normalized spacial score (nSPS) is 35.0. The molecule has 0 spiro atoms. The van der Waals surface area contributed by atoms with E-state index in [9.17, 15) is 9.59 Å². The van der Waals surface area contributed by atoms with Crippen LogP contribution in [0.5, 0.6) is 0 Å². The minimum absolute atomic E-state index is 0.0321. The minimum Gasteiger partial charge on any atom is -0.274 e. The predicted octanol–water partition coefficient (Wildman–Crippen LogP) is 3.22. The van der Waals surface area contributed by atoms with Crippen LogP contribution in [0.4, 0.5) is 11.5 Å². The average molecular weight is 438 g/mol. The zero-order valence-corrected chi connectivity index (χ0v) is 16.3. The summed E-state index contributed by atoms with van der Waals surface area (Å²) in [5, 5.41) is 10.9. The molecule has 0 radical (unpaired) electrons. The highest BCUT2D eigenvalue weighted by atomic mass is 79.9. The molecule has 2 aromatic rings. The van der Waals surface area contributed by atoms with Crippen molar-refractivity contribution in [2.45, 2.75) is 18.5 Å². The number of halogens is 1. The number of hydrogen-bond acceptors (Lipinski definition) is 6. The molecule has 28 heavy (non-hydrogen) atoms. The van der Waals surface area contributed by atoms with Gasteiger partial charge in [-0.05, 0) is 54.7 Å². The summed E-state index contributed by atoms with van der Waals surface area (Å²) in [5.74, 6) is -0.299. The van der Waals surface area contributed by atoms with E-state index in [1.165, 1.54) is 4.90 Å². The van der Waals surface area contributed by atoms with E-state index in [-0.39, 0.29) is 47.6 Å². The summed E-state index contributed by atoms with van der Waals surface area (Å²) in [6.45, 7) is 0. The highest BCUT2D eigenvalue weighted by molar-refractivity contribution is 9.10. The van der Waals surface area contributed by atoms with E-state index >= 15 is 0 Å². The molecule has 8 heteroatoms. The van der Waals surface area contributed by atoms with Crippen LogP contribution in [0.1, 0.15) is 6.42 Å². The molecule has 6 atom stereocenters. The Hall–Kier alpha value is -2.61. The van der Waals surface area contributed by atoms with Crippen molar-refractivity contribution in [3.63, 3.8) is 0 Å². The quantitative estimate of drug-likeness (QED) is 0.675. The van der Waals surface area contributed by atoms with E-state index in [2.05, 4.69) is 31.3 Å². The van der Waals surface area contributed by atoms with Gasteiger partial charge in [0, 0.05) is 10.7 Å². The maximum Gasteiger partial charge on any atom is 0.239 e. The molecule has 0 N–H and O–H groups in total. The van der Waals surface area contributed by atoms with Crippen LogP contribution in [-0.2, 0) is 9.59 Å². The van der Waals surface area contributed by atoms with Crippen LogP contribution < -0.4 is 9.91 Å². The lowest BCUT2D eigenvalue weighted by Gasteiger charge is -2.33. The van der Waals surface area contributed by atoms with Crippen LogP contribution in [-0.4, -0.2) is 28.9 Å². The number of pyridine rings is 1. The Morgan fingerprint density at radius 1 is 0.964 bits per heavy atom. The molecule has 1 aromatic carbocycles. The third-order valence-corrected chi connectivity index (χ3v) is 7.15. The summed E-state index contributed by atoms with van der Waals surface area (Å²) >= 11 is 3.46. The second kappa shape index (κ2) is 5.70. The number of rotatable bonds is 2. The summed E-state index contributed by atoms with van der Waals surface area (Å²) in [6.07, 6.45) is 2.46. The van der Waals surface area contributed by atoms with Gasteiger partial charge in [-0.25, -0.2) is 14.9 Å². The Labute approximate surface area is 169 Å². The van der Waals surface area contributed by atoms with Crippen molar-refractivity contribution in [2.24, 2.45) is 34.0 Å². The van der Waals surface area contributed by atoms with E-state index in [1.807, 2.05) is 29.3 Å². The van der Waals surface area contributed by atoms with Gasteiger partial charge in [0.1, 0.15) is 5.82 Å². The fraction of sp³-hybridized carbons (Fsp3) is 0.350. The van der Waals surface area contributed by atoms with Crippen molar-refractivity contribution in [3.8, 4) is 0 Å². The van der Waals surface area contributed by atoms with Crippen LogP contribution in [0.25, 0.3) is 0 Å². The van der Waals surface area contributed by atoms with Gasteiger partial charge in [0.15, 0.2) is 0 Å². The molecule has 6 rings (SSSR count). The Morgan fingerprint density at radius 2 is 1.71 bits per heavy atom. The number of aromatic nitrogens is 1. The summed E-state index contributed by atoms with van der Waals surface area (Å²) in [6, 6.07) is 13.2.